The fraction of sp³-hybridized carbons (Fsp3) is 1.00. The van der Waals surface area contributed by atoms with Crippen molar-refractivity contribution in [1.82, 2.24) is 0 Å². The molecule has 0 aliphatic carbocycles. The molecular weight excluding hydrogens is 214 g/mol. The molecule has 0 aromatic carbocycles. The molecule has 0 bridgehead atoms. The summed E-state index contributed by atoms with van der Waals surface area (Å²) in [5.74, 6) is -0.259. The fourth-order valence-electron chi connectivity index (χ4n) is 0.823. The number of sulfone groups is 2. The number of hydrogen-bond acceptors (Lipinski definition) is 5. The lowest BCUT2D eigenvalue weighted by molar-refractivity contribution is 0.592. The van der Waals surface area contributed by atoms with Crippen molar-refractivity contribution in [2.24, 2.45) is 5.73 Å². The minimum atomic E-state index is -3.14. The van der Waals surface area contributed by atoms with Gasteiger partial charge < -0.3 is 5.73 Å². The fourth-order valence-corrected chi connectivity index (χ4v) is 2.82. The molecule has 0 amide bonds. The van der Waals surface area contributed by atoms with E-state index < -0.39 is 19.7 Å². The highest BCUT2D eigenvalue weighted by Crippen LogP contribution is 1.96. The Morgan fingerprint density at radius 1 is 1.00 bits per heavy atom. The largest absolute Gasteiger partial charge is 0.329 e. The quantitative estimate of drug-likeness (QED) is 0.617. The molecule has 0 unspecified atom stereocenters. The van der Waals surface area contributed by atoms with E-state index in [2.05, 4.69) is 0 Å². The maximum Gasteiger partial charge on any atom is 0.151 e. The molecule has 2 N–H and O–H groups in total. The minimum absolute atomic E-state index is 0.0727. The molecule has 0 aliphatic heterocycles. The Balaban J connectivity index is 3.91. The van der Waals surface area contributed by atoms with E-state index >= 15 is 0 Å². The Morgan fingerprint density at radius 3 is 1.92 bits per heavy atom. The van der Waals surface area contributed by atoms with E-state index in [-0.39, 0.29) is 30.2 Å². The van der Waals surface area contributed by atoms with Crippen molar-refractivity contribution in [1.29, 1.82) is 0 Å². The van der Waals surface area contributed by atoms with Crippen LogP contribution in [-0.2, 0) is 19.7 Å². The molecule has 0 saturated carbocycles. The first kappa shape index (κ1) is 12.9. The highest BCUT2D eigenvalue weighted by atomic mass is 32.2. The van der Waals surface area contributed by atoms with Gasteiger partial charge in [-0.25, -0.2) is 16.8 Å². The first-order valence-corrected chi connectivity index (χ1v) is 7.73. The van der Waals surface area contributed by atoms with Gasteiger partial charge in [-0.15, -0.1) is 0 Å². The molecule has 0 rings (SSSR count). The van der Waals surface area contributed by atoms with E-state index in [4.69, 9.17) is 5.73 Å². The summed E-state index contributed by atoms with van der Waals surface area (Å²) in [5, 5.41) is 0. The zero-order valence-corrected chi connectivity index (χ0v) is 9.20. The summed E-state index contributed by atoms with van der Waals surface area (Å²) >= 11 is 0. The van der Waals surface area contributed by atoms with E-state index in [0.717, 1.165) is 6.26 Å². The molecule has 0 fully saturated rings. The third-order valence-electron chi connectivity index (χ3n) is 1.40. The van der Waals surface area contributed by atoms with Crippen molar-refractivity contribution in [3.8, 4) is 0 Å². The highest BCUT2D eigenvalue weighted by Gasteiger charge is 2.11. The molecule has 0 heterocycles. The lowest BCUT2D eigenvalue weighted by atomic mass is 10.6. The molecule has 0 spiro atoms. The molecule has 5 nitrogen and oxygen atoms in total. The van der Waals surface area contributed by atoms with Crippen molar-refractivity contribution in [3.63, 3.8) is 0 Å². The van der Waals surface area contributed by atoms with Crippen molar-refractivity contribution >= 4 is 19.7 Å². The molecule has 80 valence electrons. The lowest BCUT2D eigenvalue weighted by Crippen LogP contribution is -2.20. The summed E-state index contributed by atoms with van der Waals surface area (Å²) in [6.45, 7) is 0.0845. The number of rotatable bonds is 6. The molecular formula is C6H15NO4S2. The Kier molecular flexibility index (Phi) is 4.87. The van der Waals surface area contributed by atoms with Gasteiger partial charge in [0.25, 0.3) is 0 Å². The van der Waals surface area contributed by atoms with Gasteiger partial charge in [0.05, 0.1) is 17.3 Å². The van der Waals surface area contributed by atoms with Gasteiger partial charge in [-0.1, -0.05) is 0 Å². The molecule has 0 saturated heterocycles. The van der Waals surface area contributed by atoms with E-state index in [1.807, 2.05) is 0 Å². The van der Waals surface area contributed by atoms with Crippen LogP contribution in [0.5, 0.6) is 0 Å². The molecule has 0 aliphatic rings. The second kappa shape index (κ2) is 4.92. The Labute approximate surface area is 79.2 Å². The average Bonchev–Trinajstić information content (AvgIpc) is 1.82. The first-order valence-electron chi connectivity index (χ1n) is 3.85. The van der Waals surface area contributed by atoms with Crippen molar-refractivity contribution in [2.75, 3.05) is 30.1 Å². The summed E-state index contributed by atoms with van der Waals surface area (Å²) in [6, 6.07) is 0. The summed E-state index contributed by atoms with van der Waals surface area (Å²) in [7, 11) is -6.20. The van der Waals surface area contributed by atoms with Crippen molar-refractivity contribution < 1.29 is 16.8 Å². The van der Waals surface area contributed by atoms with Crippen LogP contribution in [0, 0.1) is 0 Å². The van der Waals surface area contributed by atoms with E-state index in [1.54, 1.807) is 0 Å². The molecule has 0 aromatic heterocycles. The Bertz CT molecular complexity index is 330. The summed E-state index contributed by atoms with van der Waals surface area (Å²) in [6.07, 6.45) is 1.24. The van der Waals surface area contributed by atoms with Crippen LogP contribution in [0.1, 0.15) is 6.42 Å². The maximum absolute atomic E-state index is 11.0. The van der Waals surface area contributed by atoms with Crippen LogP contribution in [0.15, 0.2) is 0 Å². The van der Waals surface area contributed by atoms with Crippen molar-refractivity contribution in [3.05, 3.63) is 0 Å². The zero-order valence-electron chi connectivity index (χ0n) is 7.56. The third kappa shape index (κ3) is 8.20. The summed E-state index contributed by atoms with van der Waals surface area (Å²) in [5.41, 5.74) is 5.07. The van der Waals surface area contributed by atoms with Gasteiger partial charge in [-0.3, -0.25) is 0 Å². The average molecular weight is 229 g/mol. The predicted octanol–water partition coefficient (Wildman–Crippen LogP) is -1.21. The van der Waals surface area contributed by atoms with Gasteiger partial charge in [-0.2, -0.15) is 0 Å². The van der Waals surface area contributed by atoms with Gasteiger partial charge in [0.1, 0.15) is 9.84 Å². The topological polar surface area (TPSA) is 94.3 Å². The molecule has 13 heavy (non-hydrogen) atoms. The van der Waals surface area contributed by atoms with Crippen LogP contribution >= 0.6 is 0 Å². The molecule has 0 atom stereocenters. The van der Waals surface area contributed by atoms with E-state index in [9.17, 15) is 16.8 Å². The van der Waals surface area contributed by atoms with E-state index in [1.165, 1.54) is 0 Å². The Hall–Kier alpha value is -0.140. The second-order valence-electron chi connectivity index (χ2n) is 2.92. The van der Waals surface area contributed by atoms with Crippen LogP contribution in [0.2, 0.25) is 0 Å². The predicted molar refractivity (Wildman–Crippen MR) is 52.0 cm³/mol. The van der Waals surface area contributed by atoms with Gasteiger partial charge in [-0.05, 0) is 6.42 Å². The molecule has 0 radical (unpaired) electrons. The standard InChI is InChI=1S/C6H15NO4S2/c1-12(8,9)4-2-5-13(10,11)6-3-7/h2-7H2,1H3. The van der Waals surface area contributed by atoms with Crippen LogP contribution in [0.4, 0.5) is 0 Å². The van der Waals surface area contributed by atoms with Gasteiger partial charge >= 0.3 is 0 Å². The number of nitrogens with two attached hydrogens (primary N) is 1. The third-order valence-corrected chi connectivity index (χ3v) is 4.20. The van der Waals surface area contributed by atoms with Gasteiger partial charge in [0, 0.05) is 12.8 Å². The normalized spacial score (nSPS) is 13.1. The SMILES string of the molecule is CS(=O)(=O)CCCS(=O)(=O)CCN. The Morgan fingerprint density at radius 2 is 1.54 bits per heavy atom. The maximum atomic E-state index is 11.0. The van der Waals surface area contributed by atoms with Crippen LogP contribution in [-0.4, -0.2) is 46.9 Å². The van der Waals surface area contributed by atoms with Crippen LogP contribution < -0.4 is 5.73 Å². The summed E-state index contributed by atoms with van der Waals surface area (Å²) < 4.78 is 43.4. The smallest absolute Gasteiger partial charge is 0.151 e. The van der Waals surface area contributed by atoms with E-state index in [0.29, 0.717) is 0 Å². The van der Waals surface area contributed by atoms with Gasteiger partial charge in [0.15, 0.2) is 9.84 Å². The van der Waals surface area contributed by atoms with Crippen molar-refractivity contribution in [2.45, 2.75) is 6.42 Å². The van der Waals surface area contributed by atoms with Gasteiger partial charge in [0.2, 0.25) is 0 Å². The highest BCUT2D eigenvalue weighted by molar-refractivity contribution is 7.92. The first-order chi connectivity index (χ1) is 5.77. The van der Waals surface area contributed by atoms with Crippen LogP contribution in [0.25, 0.3) is 0 Å². The monoisotopic (exact) mass is 229 g/mol. The second-order valence-corrected chi connectivity index (χ2v) is 7.49. The molecule has 0 aromatic rings. The minimum Gasteiger partial charge on any atom is -0.329 e. The molecule has 7 heteroatoms. The number of hydrogen-bond donors (Lipinski definition) is 1. The zero-order chi connectivity index (χ0) is 10.5. The summed E-state index contributed by atoms with van der Waals surface area (Å²) in [4.78, 5) is 0. The van der Waals surface area contributed by atoms with Crippen LogP contribution in [0.3, 0.4) is 0 Å². The lowest BCUT2D eigenvalue weighted by Gasteiger charge is -2.01.